The summed E-state index contributed by atoms with van der Waals surface area (Å²) in [4.78, 5) is 15.9. The summed E-state index contributed by atoms with van der Waals surface area (Å²) in [6.07, 6.45) is 3.46. The van der Waals surface area contributed by atoms with Crippen molar-refractivity contribution in [3.05, 3.63) is 23.6 Å². The highest BCUT2D eigenvalue weighted by atomic mass is 32.1. The number of carboxylic acids is 1. The van der Waals surface area contributed by atoms with E-state index in [4.69, 9.17) is 10.8 Å². The minimum absolute atomic E-state index is 0.0598. The molecule has 0 aliphatic carbocycles. The molecule has 1 atom stereocenters. The number of imidazole rings is 1. The van der Waals surface area contributed by atoms with Crippen molar-refractivity contribution in [1.82, 2.24) is 9.38 Å². The zero-order valence-corrected chi connectivity index (χ0v) is 8.07. The molecule has 5 nitrogen and oxygen atoms in total. The highest BCUT2D eigenvalue weighted by molar-refractivity contribution is 7.15. The second kappa shape index (κ2) is 3.39. The number of hydrogen-bond acceptors (Lipinski definition) is 4. The molecule has 0 saturated heterocycles. The number of carbonyl (C=O) groups is 1. The van der Waals surface area contributed by atoms with Crippen LogP contribution < -0.4 is 5.73 Å². The maximum absolute atomic E-state index is 10.9. The van der Waals surface area contributed by atoms with E-state index in [1.807, 2.05) is 5.38 Å². The van der Waals surface area contributed by atoms with Gasteiger partial charge in [-0.05, 0) is 0 Å². The molecule has 0 spiro atoms. The van der Waals surface area contributed by atoms with E-state index in [9.17, 15) is 4.79 Å². The summed E-state index contributed by atoms with van der Waals surface area (Å²) in [6.45, 7) is 0.0598. The second-order valence-corrected chi connectivity index (χ2v) is 3.78. The van der Waals surface area contributed by atoms with E-state index in [0.29, 0.717) is 5.82 Å². The van der Waals surface area contributed by atoms with Gasteiger partial charge in [-0.2, -0.15) is 0 Å². The molecule has 0 fully saturated rings. The zero-order chi connectivity index (χ0) is 10.1. The summed E-state index contributed by atoms with van der Waals surface area (Å²) < 4.78 is 1.76. The predicted molar refractivity (Wildman–Crippen MR) is 52.5 cm³/mol. The number of nitrogens with two attached hydrogens (primary N) is 1. The van der Waals surface area contributed by atoms with Gasteiger partial charge in [-0.25, -0.2) is 4.98 Å². The van der Waals surface area contributed by atoms with Crippen LogP contribution >= 0.6 is 11.3 Å². The van der Waals surface area contributed by atoms with Gasteiger partial charge in [-0.1, -0.05) is 0 Å². The van der Waals surface area contributed by atoms with Gasteiger partial charge in [0.05, 0.1) is 6.20 Å². The molecular weight excluding hydrogens is 202 g/mol. The number of carboxylic acid groups (broad SMARTS) is 1. The number of rotatable bonds is 3. The zero-order valence-electron chi connectivity index (χ0n) is 7.25. The molecule has 1 unspecified atom stereocenters. The third-order valence-corrected chi connectivity index (χ3v) is 2.84. The largest absolute Gasteiger partial charge is 0.481 e. The fraction of sp³-hybridized carbons (Fsp3) is 0.250. The van der Waals surface area contributed by atoms with Crippen molar-refractivity contribution in [2.24, 2.45) is 5.73 Å². The van der Waals surface area contributed by atoms with E-state index < -0.39 is 11.9 Å². The first-order chi connectivity index (χ1) is 6.74. The molecule has 0 aliphatic heterocycles. The maximum Gasteiger partial charge on any atom is 0.315 e. The highest BCUT2D eigenvalue weighted by Gasteiger charge is 2.22. The molecule has 0 aliphatic rings. The van der Waals surface area contributed by atoms with Crippen molar-refractivity contribution in [3.8, 4) is 0 Å². The summed E-state index contributed by atoms with van der Waals surface area (Å²) >= 11 is 1.51. The van der Waals surface area contributed by atoms with E-state index in [1.54, 1.807) is 16.8 Å². The lowest BCUT2D eigenvalue weighted by Crippen LogP contribution is -2.23. The van der Waals surface area contributed by atoms with E-state index >= 15 is 0 Å². The number of aliphatic carboxylic acids is 1. The third-order valence-electron chi connectivity index (χ3n) is 2.04. The predicted octanol–water partition coefficient (Wildman–Crippen LogP) is 0.523. The molecule has 0 bridgehead atoms. The van der Waals surface area contributed by atoms with Crippen LogP contribution in [0.5, 0.6) is 0 Å². The molecule has 2 rings (SSSR count). The summed E-state index contributed by atoms with van der Waals surface area (Å²) in [5, 5.41) is 10.8. The van der Waals surface area contributed by atoms with Gasteiger partial charge in [-0.15, -0.1) is 11.3 Å². The normalized spacial score (nSPS) is 13.2. The first-order valence-electron chi connectivity index (χ1n) is 4.07. The van der Waals surface area contributed by atoms with E-state index in [0.717, 1.165) is 4.83 Å². The lowest BCUT2D eigenvalue weighted by atomic mass is 10.1. The Labute approximate surface area is 83.8 Å². The monoisotopic (exact) mass is 211 g/mol. The summed E-state index contributed by atoms with van der Waals surface area (Å²) in [5.41, 5.74) is 5.39. The molecule has 2 aromatic heterocycles. The maximum atomic E-state index is 10.9. The lowest BCUT2D eigenvalue weighted by Gasteiger charge is -2.06. The Morgan fingerprint density at radius 2 is 2.57 bits per heavy atom. The van der Waals surface area contributed by atoms with E-state index in [-0.39, 0.29) is 6.54 Å². The van der Waals surface area contributed by atoms with Gasteiger partial charge in [0.15, 0.2) is 0 Å². The number of fused-ring (bicyclic) bond motifs is 1. The minimum atomic E-state index is -0.939. The molecule has 0 aromatic carbocycles. The fourth-order valence-electron chi connectivity index (χ4n) is 1.33. The molecule has 74 valence electrons. The van der Waals surface area contributed by atoms with Crippen LogP contribution in [-0.2, 0) is 4.79 Å². The first kappa shape index (κ1) is 9.17. The Bertz CT molecular complexity index is 462. The van der Waals surface area contributed by atoms with Gasteiger partial charge in [0.25, 0.3) is 0 Å². The summed E-state index contributed by atoms with van der Waals surface area (Å²) in [6, 6.07) is 0. The standard InChI is InChI=1S/C8H9N3O2S/c9-3-5(8(12)13)7-10-4-6-11(7)1-2-14-6/h1-2,4-5H,3,9H2,(H,12,13). The Kier molecular flexibility index (Phi) is 2.22. The van der Waals surface area contributed by atoms with Crippen LogP contribution in [0.2, 0.25) is 0 Å². The van der Waals surface area contributed by atoms with Crippen molar-refractivity contribution in [2.45, 2.75) is 5.92 Å². The first-order valence-corrected chi connectivity index (χ1v) is 4.95. The Balaban J connectivity index is 2.51. The average Bonchev–Trinajstić information content (AvgIpc) is 2.69. The minimum Gasteiger partial charge on any atom is -0.481 e. The van der Waals surface area contributed by atoms with Crippen LogP contribution in [0.25, 0.3) is 4.83 Å². The van der Waals surface area contributed by atoms with Crippen LogP contribution in [0.15, 0.2) is 17.8 Å². The van der Waals surface area contributed by atoms with E-state index in [2.05, 4.69) is 4.98 Å². The fourth-order valence-corrected chi connectivity index (χ4v) is 2.03. The van der Waals surface area contributed by atoms with Crippen LogP contribution in [0.4, 0.5) is 0 Å². The molecular formula is C8H9N3O2S. The highest BCUT2D eigenvalue weighted by Crippen LogP contribution is 2.19. The Hall–Kier alpha value is -1.40. The molecule has 2 heterocycles. The van der Waals surface area contributed by atoms with Crippen molar-refractivity contribution in [1.29, 1.82) is 0 Å². The summed E-state index contributed by atoms with van der Waals surface area (Å²) in [7, 11) is 0. The third kappa shape index (κ3) is 1.28. The molecule has 0 radical (unpaired) electrons. The quantitative estimate of drug-likeness (QED) is 0.775. The van der Waals surface area contributed by atoms with Crippen molar-refractivity contribution in [3.63, 3.8) is 0 Å². The lowest BCUT2D eigenvalue weighted by molar-refractivity contribution is -0.138. The van der Waals surface area contributed by atoms with Gasteiger partial charge in [-0.3, -0.25) is 9.20 Å². The van der Waals surface area contributed by atoms with Crippen LogP contribution in [0, 0.1) is 0 Å². The molecule has 14 heavy (non-hydrogen) atoms. The van der Waals surface area contributed by atoms with Gasteiger partial charge >= 0.3 is 5.97 Å². The van der Waals surface area contributed by atoms with Crippen LogP contribution in [0.1, 0.15) is 11.7 Å². The molecule has 0 saturated carbocycles. The van der Waals surface area contributed by atoms with Gasteiger partial charge in [0, 0.05) is 18.1 Å². The molecule has 3 N–H and O–H groups in total. The summed E-state index contributed by atoms with van der Waals surface area (Å²) in [5.74, 6) is -1.17. The van der Waals surface area contributed by atoms with Crippen LogP contribution in [0.3, 0.4) is 0 Å². The molecule has 0 amide bonds. The van der Waals surface area contributed by atoms with Crippen molar-refractivity contribution >= 4 is 22.1 Å². The molecule has 2 aromatic rings. The van der Waals surface area contributed by atoms with Gasteiger partial charge in [0.2, 0.25) is 0 Å². The Morgan fingerprint density at radius 1 is 1.79 bits per heavy atom. The number of hydrogen-bond donors (Lipinski definition) is 2. The van der Waals surface area contributed by atoms with E-state index in [1.165, 1.54) is 11.3 Å². The van der Waals surface area contributed by atoms with Gasteiger partial charge in [0.1, 0.15) is 16.6 Å². The molecule has 6 heteroatoms. The number of aromatic nitrogens is 2. The SMILES string of the molecule is NCC(C(=O)O)c1ncc2sccn12. The Morgan fingerprint density at radius 3 is 3.21 bits per heavy atom. The smallest absolute Gasteiger partial charge is 0.315 e. The number of thiazole rings is 1. The average molecular weight is 211 g/mol. The second-order valence-electron chi connectivity index (χ2n) is 2.85. The number of nitrogens with zero attached hydrogens (tertiary/aromatic N) is 2. The van der Waals surface area contributed by atoms with Crippen LogP contribution in [-0.4, -0.2) is 27.0 Å². The van der Waals surface area contributed by atoms with Gasteiger partial charge < -0.3 is 10.8 Å². The van der Waals surface area contributed by atoms with Crippen molar-refractivity contribution in [2.75, 3.05) is 6.54 Å². The topological polar surface area (TPSA) is 80.6 Å². The van der Waals surface area contributed by atoms with Crippen molar-refractivity contribution < 1.29 is 9.90 Å².